The molecule has 0 unspecified atom stereocenters. The predicted octanol–water partition coefficient (Wildman–Crippen LogP) is 4.53. The summed E-state index contributed by atoms with van der Waals surface area (Å²) in [4.78, 5) is 34.0. The number of hydrogen-bond donors (Lipinski definition) is 1. The number of amides is 2. The third-order valence-electron chi connectivity index (χ3n) is 6.80. The zero-order chi connectivity index (χ0) is 21.7. The fraction of sp³-hybridized carbons (Fsp3) is 0.385. The van der Waals surface area contributed by atoms with Crippen LogP contribution >= 0.6 is 0 Å². The fourth-order valence-electron chi connectivity index (χ4n) is 5.61. The Bertz CT molecular complexity index is 1150. The molecule has 0 radical (unpaired) electrons. The van der Waals surface area contributed by atoms with E-state index < -0.39 is 0 Å². The van der Waals surface area contributed by atoms with E-state index in [1.54, 1.807) is 4.90 Å². The molecule has 0 saturated carbocycles. The van der Waals surface area contributed by atoms with Gasteiger partial charge in [-0.1, -0.05) is 50.2 Å². The minimum Gasteiger partial charge on any atom is -0.358 e. The molecule has 3 heterocycles. The van der Waals surface area contributed by atoms with Crippen molar-refractivity contribution in [2.45, 2.75) is 33.2 Å². The van der Waals surface area contributed by atoms with Crippen molar-refractivity contribution in [3.63, 3.8) is 0 Å². The molecule has 31 heavy (non-hydrogen) atoms. The Morgan fingerprint density at radius 2 is 1.71 bits per heavy atom. The highest BCUT2D eigenvalue weighted by atomic mass is 16.2. The lowest BCUT2D eigenvalue weighted by molar-refractivity contribution is -0.134. The monoisotopic (exact) mass is 415 g/mol. The van der Waals surface area contributed by atoms with E-state index in [0.29, 0.717) is 17.4 Å². The van der Waals surface area contributed by atoms with Crippen molar-refractivity contribution in [2.75, 3.05) is 19.6 Å². The van der Waals surface area contributed by atoms with E-state index in [4.69, 9.17) is 0 Å². The number of aryl methyl sites for hydroxylation is 1. The molecule has 5 rings (SSSR count). The first-order valence-corrected chi connectivity index (χ1v) is 11.2. The second-order valence-corrected chi connectivity index (χ2v) is 9.38. The maximum absolute atomic E-state index is 13.4. The number of carbonyl (C=O) groups is 2. The van der Waals surface area contributed by atoms with Crippen LogP contribution in [0.15, 0.2) is 48.5 Å². The largest absolute Gasteiger partial charge is 0.358 e. The van der Waals surface area contributed by atoms with E-state index >= 15 is 0 Å². The molecule has 3 aromatic rings. The van der Waals surface area contributed by atoms with E-state index in [0.717, 1.165) is 47.2 Å². The van der Waals surface area contributed by atoms with Gasteiger partial charge in [-0.05, 0) is 42.9 Å². The standard InChI is InChI=1S/C26H29N3O2/c1-16-12-17(2)14-28(13-16)23(30)15-29-25(19-8-4-5-9-20(19)26(29)31)24-18(3)27-22-11-7-6-10-21(22)24/h4-11,16-17,25,27H,12-15H2,1-3H3/t16-,17-,25+/m1/s1. The van der Waals surface area contributed by atoms with Crippen LogP contribution in [0.4, 0.5) is 0 Å². The summed E-state index contributed by atoms with van der Waals surface area (Å²) in [6, 6.07) is 15.7. The summed E-state index contributed by atoms with van der Waals surface area (Å²) in [7, 11) is 0. The first kappa shape index (κ1) is 19.9. The Balaban J connectivity index is 1.55. The van der Waals surface area contributed by atoms with Crippen molar-refractivity contribution in [3.8, 4) is 0 Å². The van der Waals surface area contributed by atoms with Crippen LogP contribution in [-0.2, 0) is 4.79 Å². The van der Waals surface area contributed by atoms with Crippen LogP contribution < -0.4 is 0 Å². The SMILES string of the molecule is Cc1[nH]c2ccccc2c1[C@@H]1c2ccccc2C(=O)N1CC(=O)N1C[C@H](C)C[C@@H](C)C1. The van der Waals surface area contributed by atoms with Gasteiger partial charge in [-0.3, -0.25) is 9.59 Å². The number of para-hydroxylation sites is 1. The lowest BCUT2D eigenvalue weighted by Gasteiger charge is -2.36. The lowest BCUT2D eigenvalue weighted by Crippen LogP contribution is -2.47. The minimum absolute atomic E-state index is 0.0436. The van der Waals surface area contributed by atoms with Gasteiger partial charge in [0.2, 0.25) is 5.91 Å². The molecule has 0 bridgehead atoms. The van der Waals surface area contributed by atoms with Gasteiger partial charge in [-0.15, -0.1) is 0 Å². The van der Waals surface area contributed by atoms with Gasteiger partial charge < -0.3 is 14.8 Å². The smallest absolute Gasteiger partial charge is 0.255 e. The summed E-state index contributed by atoms with van der Waals surface area (Å²) in [5.41, 5.74) is 4.85. The number of H-pyrrole nitrogens is 1. The third kappa shape index (κ3) is 3.32. The van der Waals surface area contributed by atoms with Gasteiger partial charge >= 0.3 is 0 Å². The number of hydrogen-bond acceptors (Lipinski definition) is 2. The highest BCUT2D eigenvalue weighted by molar-refractivity contribution is 6.02. The number of rotatable bonds is 3. The number of benzene rings is 2. The van der Waals surface area contributed by atoms with Gasteiger partial charge in [-0.25, -0.2) is 0 Å². The molecule has 2 aliphatic rings. The predicted molar refractivity (Wildman–Crippen MR) is 122 cm³/mol. The minimum atomic E-state index is -0.261. The molecule has 1 N–H and O–H groups in total. The van der Waals surface area contributed by atoms with Crippen LogP contribution in [0.25, 0.3) is 10.9 Å². The first-order valence-electron chi connectivity index (χ1n) is 11.2. The van der Waals surface area contributed by atoms with Gasteiger partial charge in [0, 0.05) is 40.8 Å². The zero-order valence-electron chi connectivity index (χ0n) is 18.4. The highest BCUT2D eigenvalue weighted by Gasteiger charge is 2.41. The second kappa shape index (κ2) is 7.56. The van der Waals surface area contributed by atoms with Crippen LogP contribution in [0, 0.1) is 18.8 Å². The molecule has 2 aliphatic heterocycles. The Morgan fingerprint density at radius 3 is 2.48 bits per heavy atom. The summed E-state index contributed by atoms with van der Waals surface area (Å²) in [5.74, 6) is 0.968. The fourth-order valence-corrected chi connectivity index (χ4v) is 5.61. The summed E-state index contributed by atoms with van der Waals surface area (Å²) in [5, 5.41) is 1.10. The lowest BCUT2D eigenvalue weighted by atomic mass is 9.92. The Hall–Kier alpha value is -3.08. The highest BCUT2D eigenvalue weighted by Crippen LogP contribution is 2.42. The number of likely N-dealkylation sites (tertiary alicyclic amines) is 1. The molecule has 5 heteroatoms. The topological polar surface area (TPSA) is 56.4 Å². The maximum Gasteiger partial charge on any atom is 0.255 e. The molecular formula is C26H29N3O2. The van der Waals surface area contributed by atoms with Crippen molar-refractivity contribution in [1.29, 1.82) is 0 Å². The molecule has 2 aromatic carbocycles. The quantitative estimate of drug-likeness (QED) is 0.683. The molecular weight excluding hydrogens is 386 g/mol. The zero-order valence-corrected chi connectivity index (χ0v) is 18.4. The van der Waals surface area contributed by atoms with E-state index in [2.05, 4.69) is 37.9 Å². The number of fused-ring (bicyclic) bond motifs is 2. The normalized spacial score (nSPS) is 23.5. The first-order chi connectivity index (χ1) is 14.9. The van der Waals surface area contributed by atoms with E-state index in [-0.39, 0.29) is 24.4 Å². The number of carbonyl (C=O) groups excluding carboxylic acids is 2. The van der Waals surface area contributed by atoms with Crippen LogP contribution in [0.5, 0.6) is 0 Å². The van der Waals surface area contributed by atoms with Crippen molar-refractivity contribution in [3.05, 3.63) is 70.9 Å². The number of nitrogens with zero attached hydrogens (tertiary/aromatic N) is 2. The van der Waals surface area contributed by atoms with E-state index in [1.165, 1.54) is 0 Å². The van der Waals surface area contributed by atoms with E-state index in [1.807, 2.05) is 41.3 Å². The average molecular weight is 416 g/mol. The molecule has 1 saturated heterocycles. The second-order valence-electron chi connectivity index (χ2n) is 9.38. The van der Waals surface area contributed by atoms with Crippen molar-refractivity contribution in [1.82, 2.24) is 14.8 Å². The van der Waals surface area contributed by atoms with Crippen molar-refractivity contribution < 1.29 is 9.59 Å². The number of aromatic amines is 1. The Labute approximate surface area is 183 Å². The number of aromatic nitrogens is 1. The molecule has 0 spiro atoms. The van der Waals surface area contributed by atoms with Gasteiger partial charge in [-0.2, -0.15) is 0 Å². The third-order valence-corrected chi connectivity index (χ3v) is 6.80. The Kier molecular flexibility index (Phi) is 4.84. The van der Waals surface area contributed by atoms with E-state index in [9.17, 15) is 9.59 Å². The summed E-state index contributed by atoms with van der Waals surface area (Å²) >= 11 is 0. The van der Waals surface area contributed by atoms with Crippen molar-refractivity contribution in [2.24, 2.45) is 11.8 Å². The molecule has 0 aliphatic carbocycles. The average Bonchev–Trinajstić information content (AvgIpc) is 3.21. The Morgan fingerprint density at radius 1 is 1.03 bits per heavy atom. The molecule has 1 aromatic heterocycles. The maximum atomic E-state index is 13.4. The molecule has 2 amide bonds. The summed E-state index contributed by atoms with van der Waals surface area (Å²) in [6.45, 7) is 8.10. The molecule has 3 atom stereocenters. The van der Waals surface area contributed by atoms with Gasteiger partial charge in [0.05, 0.1) is 6.04 Å². The van der Waals surface area contributed by atoms with Gasteiger partial charge in [0.1, 0.15) is 6.54 Å². The van der Waals surface area contributed by atoms with Crippen LogP contribution in [-0.4, -0.2) is 46.2 Å². The van der Waals surface area contributed by atoms with Crippen LogP contribution in [0.2, 0.25) is 0 Å². The van der Waals surface area contributed by atoms with Gasteiger partial charge in [0.15, 0.2) is 0 Å². The molecule has 5 nitrogen and oxygen atoms in total. The van der Waals surface area contributed by atoms with Crippen LogP contribution in [0.3, 0.4) is 0 Å². The summed E-state index contributed by atoms with van der Waals surface area (Å²) in [6.07, 6.45) is 1.15. The van der Waals surface area contributed by atoms with Gasteiger partial charge in [0.25, 0.3) is 5.91 Å². The van der Waals surface area contributed by atoms with Crippen molar-refractivity contribution >= 4 is 22.7 Å². The number of nitrogens with one attached hydrogen (secondary N) is 1. The summed E-state index contributed by atoms with van der Waals surface area (Å²) < 4.78 is 0. The molecule has 1 fully saturated rings. The molecule has 160 valence electrons. The van der Waals surface area contributed by atoms with Crippen LogP contribution in [0.1, 0.15) is 53.5 Å². The number of piperidine rings is 1.